The molecule has 0 spiro atoms. The maximum atomic E-state index is 9.29. The summed E-state index contributed by atoms with van der Waals surface area (Å²) in [5.41, 5.74) is 4.67. The zero-order valence-electron chi connectivity index (χ0n) is 11.4. The highest BCUT2D eigenvalue weighted by molar-refractivity contribution is 5.54. The van der Waals surface area contributed by atoms with Gasteiger partial charge in [0.05, 0.1) is 12.0 Å². The normalized spacial score (nSPS) is 11.6. The highest BCUT2D eigenvalue weighted by Crippen LogP contribution is 2.20. The standard InChI is InChI=1S/C17H18N2/c1-13-7-6-10-17(14(13)2)19-12-16(11-18)15-8-4-3-5-9-15/h3-10,16,19H,12H2,1-2H3. The quantitative estimate of drug-likeness (QED) is 0.889. The van der Waals surface area contributed by atoms with Gasteiger partial charge in [0.25, 0.3) is 0 Å². The van der Waals surface area contributed by atoms with Crippen molar-refractivity contribution in [2.24, 2.45) is 0 Å². The first-order chi connectivity index (χ1) is 9.22. The van der Waals surface area contributed by atoms with E-state index in [1.165, 1.54) is 11.1 Å². The first-order valence-corrected chi connectivity index (χ1v) is 6.47. The number of aryl methyl sites for hydroxylation is 1. The Morgan fingerprint density at radius 3 is 2.47 bits per heavy atom. The molecule has 2 nitrogen and oxygen atoms in total. The molecule has 0 radical (unpaired) electrons. The molecule has 0 saturated heterocycles. The monoisotopic (exact) mass is 250 g/mol. The molecule has 2 aromatic carbocycles. The van der Waals surface area contributed by atoms with E-state index < -0.39 is 0 Å². The fraction of sp³-hybridized carbons (Fsp3) is 0.235. The van der Waals surface area contributed by atoms with Gasteiger partial charge in [-0.25, -0.2) is 0 Å². The largest absolute Gasteiger partial charge is 0.383 e. The average Bonchev–Trinajstić information content (AvgIpc) is 2.45. The number of hydrogen-bond donors (Lipinski definition) is 1. The van der Waals surface area contributed by atoms with E-state index in [1.54, 1.807) is 0 Å². The van der Waals surface area contributed by atoms with Crippen LogP contribution in [0.15, 0.2) is 48.5 Å². The molecule has 0 fully saturated rings. The van der Waals surface area contributed by atoms with Crippen LogP contribution in [0.25, 0.3) is 0 Å². The number of nitriles is 1. The molecule has 0 aliphatic carbocycles. The lowest BCUT2D eigenvalue weighted by atomic mass is 10.0. The van der Waals surface area contributed by atoms with E-state index in [0.717, 1.165) is 11.3 Å². The number of hydrogen-bond acceptors (Lipinski definition) is 2. The summed E-state index contributed by atoms with van der Waals surface area (Å²) < 4.78 is 0. The van der Waals surface area contributed by atoms with Gasteiger partial charge in [-0.2, -0.15) is 5.26 Å². The third-order valence-electron chi connectivity index (χ3n) is 3.46. The summed E-state index contributed by atoms with van der Waals surface area (Å²) in [7, 11) is 0. The minimum Gasteiger partial charge on any atom is -0.383 e. The molecule has 2 rings (SSSR count). The average molecular weight is 250 g/mol. The number of nitrogens with zero attached hydrogens (tertiary/aromatic N) is 1. The van der Waals surface area contributed by atoms with Crippen molar-refractivity contribution in [1.29, 1.82) is 5.26 Å². The second kappa shape index (κ2) is 6.06. The van der Waals surface area contributed by atoms with Crippen molar-refractivity contribution in [1.82, 2.24) is 0 Å². The number of anilines is 1. The fourth-order valence-corrected chi connectivity index (χ4v) is 2.08. The third kappa shape index (κ3) is 3.14. The molecular weight excluding hydrogens is 232 g/mol. The number of nitrogens with one attached hydrogen (secondary N) is 1. The van der Waals surface area contributed by atoms with E-state index in [0.29, 0.717) is 6.54 Å². The van der Waals surface area contributed by atoms with Crippen LogP contribution in [-0.2, 0) is 0 Å². The summed E-state index contributed by atoms with van der Waals surface area (Å²) in [6, 6.07) is 18.5. The van der Waals surface area contributed by atoms with Gasteiger partial charge in [0.1, 0.15) is 0 Å². The van der Waals surface area contributed by atoms with Crippen LogP contribution in [0.2, 0.25) is 0 Å². The van der Waals surface area contributed by atoms with Gasteiger partial charge < -0.3 is 5.32 Å². The Labute approximate surface area is 114 Å². The lowest BCUT2D eigenvalue weighted by molar-refractivity contribution is 0.899. The van der Waals surface area contributed by atoms with Crippen LogP contribution < -0.4 is 5.32 Å². The summed E-state index contributed by atoms with van der Waals surface area (Å²) in [5.74, 6) is -0.124. The molecular formula is C17H18N2. The molecule has 2 heteroatoms. The van der Waals surface area contributed by atoms with Crippen molar-refractivity contribution in [3.63, 3.8) is 0 Å². The van der Waals surface area contributed by atoms with E-state index in [-0.39, 0.29) is 5.92 Å². The summed E-state index contributed by atoms with van der Waals surface area (Å²) in [4.78, 5) is 0. The van der Waals surface area contributed by atoms with Crippen LogP contribution in [0.4, 0.5) is 5.69 Å². The highest BCUT2D eigenvalue weighted by atomic mass is 14.9. The van der Waals surface area contributed by atoms with E-state index in [1.807, 2.05) is 36.4 Å². The molecule has 1 N–H and O–H groups in total. The first-order valence-electron chi connectivity index (χ1n) is 6.47. The number of benzene rings is 2. The summed E-state index contributed by atoms with van der Waals surface area (Å²) in [6.07, 6.45) is 0. The Balaban J connectivity index is 2.09. The molecule has 0 amide bonds. The second-order valence-electron chi connectivity index (χ2n) is 4.72. The van der Waals surface area contributed by atoms with Gasteiger partial charge in [0, 0.05) is 12.2 Å². The lowest BCUT2D eigenvalue weighted by Crippen LogP contribution is -2.12. The van der Waals surface area contributed by atoms with Gasteiger partial charge in [-0.1, -0.05) is 42.5 Å². The van der Waals surface area contributed by atoms with Crippen LogP contribution in [0.3, 0.4) is 0 Å². The fourth-order valence-electron chi connectivity index (χ4n) is 2.08. The Morgan fingerprint density at radius 1 is 1.05 bits per heavy atom. The highest BCUT2D eigenvalue weighted by Gasteiger charge is 2.10. The zero-order valence-corrected chi connectivity index (χ0v) is 11.4. The van der Waals surface area contributed by atoms with E-state index in [9.17, 15) is 5.26 Å². The smallest absolute Gasteiger partial charge is 0.0885 e. The third-order valence-corrected chi connectivity index (χ3v) is 3.46. The molecule has 0 saturated carbocycles. The van der Waals surface area contributed by atoms with Crippen molar-refractivity contribution in [2.45, 2.75) is 19.8 Å². The molecule has 2 aromatic rings. The molecule has 0 heterocycles. The van der Waals surface area contributed by atoms with Gasteiger partial charge in [0.2, 0.25) is 0 Å². The maximum Gasteiger partial charge on any atom is 0.0885 e. The molecule has 0 aliphatic heterocycles. The van der Waals surface area contributed by atoms with Crippen molar-refractivity contribution >= 4 is 5.69 Å². The Morgan fingerprint density at radius 2 is 1.79 bits per heavy atom. The zero-order chi connectivity index (χ0) is 13.7. The Kier molecular flexibility index (Phi) is 4.20. The van der Waals surface area contributed by atoms with Crippen molar-refractivity contribution in [3.8, 4) is 6.07 Å². The maximum absolute atomic E-state index is 9.29. The molecule has 96 valence electrons. The summed E-state index contributed by atoms with van der Waals surface area (Å²) in [6.45, 7) is 4.83. The number of rotatable bonds is 4. The van der Waals surface area contributed by atoms with E-state index in [2.05, 4.69) is 37.4 Å². The SMILES string of the molecule is Cc1cccc(NCC(C#N)c2ccccc2)c1C. The van der Waals surface area contributed by atoms with Crippen molar-refractivity contribution in [2.75, 3.05) is 11.9 Å². The van der Waals surface area contributed by atoms with Crippen molar-refractivity contribution in [3.05, 3.63) is 65.2 Å². The molecule has 1 atom stereocenters. The van der Waals surface area contributed by atoms with Crippen LogP contribution in [0.5, 0.6) is 0 Å². The lowest BCUT2D eigenvalue weighted by Gasteiger charge is -2.14. The Bertz CT molecular complexity index is 582. The molecule has 1 unspecified atom stereocenters. The minimum atomic E-state index is -0.124. The van der Waals surface area contributed by atoms with Gasteiger partial charge >= 0.3 is 0 Å². The van der Waals surface area contributed by atoms with Crippen LogP contribution in [-0.4, -0.2) is 6.54 Å². The van der Waals surface area contributed by atoms with Gasteiger partial charge in [-0.3, -0.25) is 0 Å². The first kappa shape index (κ1) is 13.2. The molecule has 0 bridgehead atoms. The van der Waals surface area contributed by atoms with E-state index in [4.69, 9.17) is 0 Å². The minimum absolute atomic E-state index is 0.124. The van der Waals surface area contributed by atoms with Gasteiger partial charge in [-0.05, 0) is 36.6 Å². The van der Waals surface area contributed by atoms with Gasteiger partial charge in [0.15, 0.2) is 0 Å². The molecule has 19 heavy (non-hydrogen) atoms. The van der Waals surface area contributed by atoms with Crippen LogP contribution in [0.1, 0.15) is 22.6 Å². The molecule has 0 aliphatic rings. The predicted octanol–water partition coefficient (Wildman–Crippen LogP) is 4.02. The van der Waals surface area contributed by atoms with Crippen molar-refractivity contribution < 1.29 is 0 Å². The molecule has 0 aromatic heterocycles. The topological polar surface area (TPSA) is 35.8 Å². The second-order valence-corrected chi connectivity index (χ2v) is 4.72. The summed E-state index contributed by atoms with van der Waals surface area (Å²) >= 11 is 0. The van der Waals surface area contributed by atoms with Gasteiger partial charge in [-0.15, -0.1) is 0 Å². The van der Waals surface area contributed by atoms with Crippen LogP contribution >= 0.6 is 0 Å². The Hall–Kier alpha value is -2.27. The van der Waals surface area contributed by atoms with Crippen LogP contribution in [0, 0.1) is 25.2 Å². The predicted molar refractivity (Wildman–Crippen MR) is 79.2 cm³/mol. The van der Waals surface area contributed by atoms with E-state index >= 15 is 0 Å². The summed E-state index contributed by atoms with van der Waals surface area (Å²) in [5, 5.41) is 12.7.